The number of hydrogen-bond donors (Lipinski definition) is 0. The van der Waals surface area contributed by atoms with Crippen LogP contribution < -0.4 is 0 Å². The van der Waals surface area contributed by atoms with E-state index in [0.29, 0.717) is 0 Å². The molecule has 6 nitrogen and oxygen atoms in total. The Balaban J connectivity index is 1.42. The Kier molecular flexibility index (Phi) is 6.70. The van der Waals surface area contributed by atoms with Crippen molar-refractivity contribution in [3.8, 4) is 22.3 Å². The average molecular weight is 547 g/mol. The molecule has 2 aliphatic rings. The minimum atomic E-state index is -1.31. The molecule has 6 heteroatoms. The van der Waals surface area contributed by atoms with Crippen LogP contribution in [0.15, 0.2) is 97.1 Å². The van der Waals surface area contributed by atoms with Crippen molar-refractivity contribution >= 4 is 18.4 Å². The van der Waals surface area contributed by atoms with Crippen LogP contribution in [0.5, 0.6) is 0 Å². The number of fused-ring (bicyclic) bond motifs is 6. The van der Waals surface area contributed by atoms with Crippen molar-refractivity contribution in [1.82, 2.24) is 0 Å². The first-order chi connectivity index (χ1) is 19.8. The molecule has 2 aliphatic carbocycles. The number of rotatable bonds is 7. The monoisotopic (exact) mass is 546 g/mol. The van der Waals surface area contributed by atoms with Gasteiger partial charge < -0.3 is 14.2 Å². The van der Waals surface area contributed by atoms with Gasteiger partial charge in [-0.2, -0.15) is 0 Å². The van der Waals surface area contributed by atoms with E-state index in [2.05, 4.69) is 0 Å². The lowest BCUT2D eigenvalue weighted by Gasteiger charge is -2.30. The number of carbonyl (C=O) groups excluding carboxylic acids is 3. The van der Waals surface area contributed by atoms with Gasteiger partial charge in [0.2, 0.25) is 12.2 Å². The smallest absolute Gasteiger partial charge is 0.349 e. The Morgan fingerprint density at radius 2 is 0.976 bits per heavy atom. The summed E-state index contributed by atoms with van der Waals surface area (Å²) in [5, 5.41) is 0. The maximum Gasteiger partial charge on any atom is 0.349 e. The molecule has 0 heterocycles. The van der Waals surface area contributed by atoms with Crippen LogP contribution in [0.4, 0.5) is 0 Å². The molecular formula is C35H30O6. The molecule has 4 aromatic rings. The summed E-state index contributed by atoms with van der Waals surface area (Å²) in [6.07, 6.45) is -2.62. The molecule has 0 spiro atoms. The normalized spacial score (nSPS) is 15.1. The van der Waals surface area contributed by atoms with E-state index in [1.807, 2.05) is 97.1 Å². The highest BCUT2D eigenvalue weighted by molar-refractivity contribution is 5.90. The van der Waals surface area contributed by atoms with Gasteiger partial charge in [0, 0.05) is 0 Å². The largest absolute Gasteiger partial charge is 0.457 e. The molecule has 0 amide bonds. The molecule has 0 aromatic heterocycles. The maximum atomic E-state index is 14.1. The Labute approximate surface area is 238 Å². The molecule has 2 unspecified atom stereocenters. The van der Waals surface area contributed by atoms with Crippen LogP contribution in [0.2, 0.25) is 0 Å². The zero-order valence-electron chi connectivity index (χ0n) is 23.1. The zero-order valence-corrected chi connectivity index (χ0v) is 23.1. The van der Waals surface area contributed by atoms with Gasteiger partial charge in [-0.1, -0.05) is 97.1 Å². The number of esters is 2. The average Bonchev–Trinajstić information content (AvgIpc) is 3.47. The van der Waals surface area contributed by atoms with E-state index < -0.39 is 41.6 Å². The summed E-state index contributed by atoms with van der Waals surface area (Å²) in [7, 11) is 0. The van der Waals surface area contributed by atoms with Gasteiger partial charge >= 0.3 is 11.9 Å². The van der Waals surface area contributed by atoms with Crippen molar-refractivity contribution in [2.75, 3.05) is 0 Å². The first-order valence-corrected chi connectivity index (χ1v) is 13.7. The summed E-state index contributed by atoms with van der Waals surface area (Å²) in [5.74, 6) is -2.67. The van der Waals surface area contributed by atoms with E-state index in [9.17, 15) is 14.4 Å². The van der Waals surface area contributed by atoms with Crippen LogP contribution in [0.25, 0.3) is 22.3 Å². The second kappa shape index (κ2) is 10.4. The van der Waals surface area contributed by atoms with Crippen molar-refractivity contribution < 1.29 is 28.6 Å². The summed E-state index contributed by atoms with van der Waals surface area (Å²) >= 11 is 0. The van der Waals surface area contributed by atoms with Gasteiger partial charge in [0.05, 0.1) is 11.8 Å². The number of benzene rings is 4. The lowest BCUT2D eigenvalue weighted by molar-refractivity contribution is -0.182. The third kappa shape index (κ3) is 4.69. The summed E-state index contributed by atoms with van der Waals surface area (Å²) in [6, 6.07) is 31.0. The molecule has 4 aromatic carbocycles. The van der Waals surface area contributed by atoms with Crippen LogP contribution in [0.1, 0.15) is 54.9 Å². The fraction of sp³-hybridized carbons (Fsp3) is 0.229. The molecule has 0 N–H and O–H groups in total. The van der Waals surface area contributed by atoms with Crippen molar-refractivity contribution in [2.45, 2.75) is 50.4 Å². The molecule has 0 aliphatic heterocycles. The fourth-order valence-corrected chi connectivity index (χ4v) is 6.18. The van der Waals surface area contributed by atoms with E-state index in [4.69, 9.17) is 14.2 Å². The van der Waals surface area contributed by atoms with Crippen molar-refractivity contribution in [3.05, 3.63) is 119 Å². The lowest BCUT2D eigenvalue weighted by Crippen LogP contribution is -2.42. The predicted molar refractivity (Wildman–Crippen MR) is 154 cm³/mol. The topological polar surface area (TPSA) is 78.9 Å². The predicted octanol–water partition coefficient (Wildman–Crippen LogP) is 6.41. The second-order valence-electron chi connectivity index (χ2n) is 11.3. The van der Waals surface area contributed by atoms with Crippen LogP contribution >= 0.6 is 0 Å². The molecule has 2 atom stereocenters. The van der Waals surface area contributed by atoms with Gasteiger partial charge in [-0.05, 0) is 65.3 Å². The van der Waals surface area contributed by atoms with E-state index in [0.717, 1.165) is 44.5 Å². The summed E-state index contributed by atoms with van der Waals surface area (Å²) in [4.78, 5) is 39.6. The number of carbonyl (C=O) groups is 3. The molecule has 0 fully saturated rings. The first kappa shape index (κ1) is 26.5. The number of ether oxygens (including phenoxy) is 3. The van der Waals surface area contributed by atoms with Crippen LogP contribution in [-0.4, -0.2) is 36.2 Å². The van der Waals surface area contributed by atoms with Gasteiger partial charge in [-0.25, -0.2) is 9.59 Å². The van der Waals surface area contributed by atoms with E-state index in [1.165, 1.54) is 0 Å². The molecule has 6 rings (SSSR count). The Hall–Kier alpha value is -4.71. The highest BCUT2D eigenvalue weighted by Crippen LogP contribution is 2.49. The van der Waals surface area contributed by atoms with Crippen LogP contribution in [-0.2, 0) is 28.6 Å². The standard InChI is InChI=1S/C35H30O6/c1-35(2,3)41-34(38)32(30-27-18-10-6-14-23(27)24-15-7-11-19-28(24)30)40-33(37)31(39-20-36)29-25-16-8-4-12-21(25)22-13-5-9-17-26(22)29/h4-20,29-32H,1-3H3. The SMILES string of the molecule is CC(C)(C)OC(=O)C(OC(=O)C(OC=O)C1c2ccccc2-c2ccccc21)C1c2ccccc2-c2ccccc21. The molecule has 0 bridgehead atoms. The second-order valence-corrected chi connectivity index (χ2v) is 11.3. The highest BCUT2D eigenvalue weighted by Gasteiger charge is 2.46. The van der Waals surface area contributed by atoms with Crippen LogP contribution in [0, 0.1) is 0 Å². The molecular weight excluding hydrogens is 516 g/mol. The number of hydrogen-bond acceptors (Lipinski definition) is 6. The zero-order chi connectivity index (χ0) is 28.7. The molecule has 0 saturated heterocycles. The Morgan fingerprint density at radius 3 is 1.34 bits per heavy atom. The van der Waals surface area contributed by atoms with Gasteiger partial charge in [0.25, 0.3) is 6.47 Å². The molecule has 0 saturated carbocycles. The van der Waals surface area contributed by atoms with E-state index in [1.54, 1.807) is 20.8 Å². The van der Waals surface area contributed by atoms with Crippen molar-refractivity contribution in [1.29, 1.82) is 0 Å². The van der Waals surface area contributed by atoms with E-state index in [-0.39, 0.29) is 6.47 Å². The van der Waals surface area contributed by atoms with Crippen molar-refractivity contribution in [3.63, 3.8) is 0 Å². The fourth-order valence-electron chi connectivity index (χ4n) is 6.18. The van der Waals surface area contributed by atoms with Gasteiger partial charge in [0.1, 0.15) is 5.60 Å². The Bertz CT molecular complexity index is 1560. The molecule has 206 valence electrons. The lowest BCUT2D eigenvalue weighted by atomic mass is 9.89. The quantitative estimate of drug-likeness (QED) is 0.152. The minimum absolute atomic E-state index is 0.262. The van der Waals surface area contributed by atoms with E-state index >= 15 is 0 Å². The van der Waals surface area contributed by atoms with Crippen molar-refractivity contribution in [2.24, 2.45) is 0 Å². The molecule has 41 heavy (non-hydrogen) atoms. The molecule has 0 radical (unpaired) electrons. The third-order valence-corrected chi connectivity index (χ3v) is 7.69. The minimum Gasteiger partial charge on any atom is -0.457 e. The maximum absolute atomic E-state index is 14.1. The van der Waals surface area contributed by atoms with Gasteiger partial charge in [-0.3, -0.25) is 4.79 Å². The summed E-state index contributed by atoms with van der Waals surface area (Å²) < 4.78 is 17.4. The van der Waals surface area contributed by atoms with Gasteiger partial charge in [0.15, 0.2) is 0 Å². The first-order valence-electron chi connectivity index (χ1n) is 13.7. The third-order valence-electron chi connectivity index (χ3n) is 7.69. The summed E-state index contributed by atoms with van der Waals surface area (Å²) in [5.41, 5.74) is 6.47. The van der Waals surface area contributed by atoms with Crippen LogP contribution in [0.3, 0.4) is 0 Å². The van der Waals surface area contributed by atoms with Gasteiger partial charge in [-0.15, -0.1) is 0 Å². The highest BCUT2D eigenvalue weighted by atomic mass is 16.6. The Morgan fingerprint density at radius 1 is 0.610 bits per heavy atom. The summed E-state index contributed by atoms with van der Waals surface area (Å²) in [6.45, 7) is 5.57.